The van der Waals surface area contributed by atoms with Crippen molar-refractivity contribution in [2.24, 2.45) is 5.11 Å². The van der Waals surface area contributed by atoms with Gasteiger partial charge in [0, 0.05) is 11.0 Å². The lowest BCUT2D eigenvalue weighted by Crippen LogP contribution is -2.11. The fraction of sp³-hybridized carbons (Fsp3) is 0.538. The SMILES string of the molecule is C[C@H](Cc1ccc(C(C)(C)C)cc1)N=[N+]=[N-]. The van der Waals surface area contributed by atoms with Crippen molar-refractivity contribution >= 4 is 0 Å². The summed E-state index contributed by atoms with van der Waals surface area (Å²) in [5.74, 6) is 0. The summed E-state index contributed by atoms with van der Waals surface area (Å²) in [7, 11) is 0. The lowest BCUT2D eigenvalue weighted by atomic mass is 9.86. The van der Waals surface area contributed by atoms with E-state index in [-0.39, 0.29) is 11.5 Å². The maximum absolute atomic E-state index is 8.32. The quantitative estimate of drug-likeness (QED) is 0.413. The van der Waals surface area contributed by atoms with Crippen LogP contribution in [0.5, 0.6) is 0 Å². The van der Waals surface area contributed by atoms with Crippen molar-refractivity contribution in [1.29, 1.82) is 0 Å². The Morgan fingerprint density at radius 2 is 1.81 bits per heavy atom. The van der Waals surface area contributed by atoms with Crippen molar-refractivity contribution in [1.82, 2.24) is 0 Å². The Balaban J connectivity index is 2.76. The number of hydrogen-bond acceptors (Lipinski definition) is 1. The van der Waals surface area contributed by atoms with Crippen LogP contribution >= 0.6 is 0 Å². The molecule has 0 heterocycles. The van der Waals surface area contributed by atoms with Crippen LogP contribution in [0.15, 0.2) is 29.4 Å². The van der Waals surface area contributed by atoms with Gasteiger partial charge in [-0.25, -0.2) is 0 Å². The Labute approximate surface area is 97.1 Å². The summed E-state index contributed by atoms with van der Waals surface area (Å²) in [6.07, 6.45) is 0.800. The van der Waals surface area contributed by atoms with Gasteiger partial charge in [-0.2, -0.15) is 0 Å². The van der Waals surface area contributed by atoms with Gasteiger partial charge in [0.1, 0.15) is 0 Å². The summed E-state index contributed by atoms with van der Waals surface area (Å²) in [5, 5.41) is 3.67. The van der Waals surface area contributed by atoms with Crippen LogP contribution in [-0.2, 0) is 11.8 Å². The van der Waals surface area contributed by atoms with E-state index in [1.54, 1.807) is 0 Å². The lowest BCUT2D eigenvalue weighted by molar-refractivity contribution is 0.589. The highest BCUT2D eigenvalue weighted by Gasteiger charge is 2.12. The smallest absolute Gasteiger partial charge is 0.0386 e. The molecule has 1 atom stereocenters. The standard InChI is InChI=1S/C13H19N3/c1-10(15-16-14)9-11-5-7-12(8-6-11)13(2,3)4/h5-8,10H,9H2,1-4H3/t10-/m1/s1. The number of azide groups is 1. The zero-order chi connectivity index (χ0) is 12.2. The van der Waals surface area contributed by atoms with E-state index in [9.17, 15) is 0 Å². The van der Waals surface area contributed by atoms with Gasteiger partial charge >= 0.3 is 0 Å². The summed E-state index contributed by atoms with van der Waals surface area (Å²) in [6.45, 7) is 8.53. The van der Waals surface area contributed by atoms with E-state index >= 15 is 0 Å². The van der Waals surface area contributed by atoms with Gasteiger partial charge in [-0.15, -0.1) is 0 Å². The largest absolute Gasteiger partial charge is 0.0906 e. The average molecular weight is 217 g/mol. The molecule has 16 heavy (non-hydrogen) atoms. The molecule has 1 rings (SSSR count). The van der Waals surface area contributed by atoms with Gasteiger partial charge in [0.15, 0.2) is 0 Å². The molecule has 0 aliphatic heterocycles. The second-order valence-corrected chi connectivity index (χ2v) is 5.20. The monoisotopic (exact) mass is 217 g/mol. The van der Waals surface area contributed by atoms with Crippen LogP contribution in [-0.4, -0.2) is 6.04 Å². The molecule has 0 aliphatic carbocycles. The minimum Gasteiger partial charge on any atom is -0.0906 e. The predicted molar refractivity (Wildman–Crippen MR) is 67.5 cm³/mol. The van der Waals surface area contributed by atoms with Crippen molar-refractivity contribution in [3.05, 3.63) is 45.8 Å². The fourth-order valence-corrected chi connectivity index (χ4v) is 1.61. The Morgan fingerprint density at radius 1 is 1.25 bits per heavy atom. The molecule has 0 radical (unpaired) electrons. The van der Waals surface area contributed by atoms with Crippen LogP contribution in [0.1, 0.15) is 38.8 Å². The van der Waals surface area contributed by atoms with E-state index in [0.717, 1.165) is 6.42 Å². The lowest BCUT2D eigenvalue weighted by Gasteiger charge is -2.19. The van der Waals surface area contributed by atoms with Gasteiger partial charge in [0.2, 0.25) is 0 Å². The maximum Gasteiger partial charge on any atom is 0.0386 e. The van der Waals surface area contributed by atoms with Crippen LogP contribution in [0, 0.1) is 0 Å². The third-order valence-electron chi connectivity index (χ3n) is 2.60. The third-order valence-corrected chi connectivity index (χ3v) is 2.60. The van der Waals surface area contributed by atoms with Crippen LogP contribution < -0.4 is 0 Å². The van der Waals surface area contributed by atoms with Gasteiger partial charge in [0.05, 0.1) is 0 Å². The fourth-order valence-electron chi connectivity index (χ4n) is 1.61. The molecule has 0 aliphatic rings. The first-order valence-corrected chi connectivity index (χ1v) is 5.57. The van der Waals surface area contributed by atoms with E-state index in [4.69, 9.17) is 5.53 Å². The van der Waals surface area contributed by atoms with E-state index in [0.29, 0.717) is 0 Å². The average Bonchev–Trinajstić information content (AvgIpc) is 2.17. The first kappa shape index (κ1) is 12.6. The molecule has 3 heteroatoms. The van der Waals surface area contributed by atoms with E-state index in [1.165, 1.54) is 11.1 Å². The second-order valence-electron chi connectivity index (χ2n) is 5.20. The van der Waals surface area contributed by atoms with Crippen LogP contribution in [0.3, 0.4) is 0 Å². The highest BCUT2D eigenvalue weighted by Crippen LogP contribution is 2.22. The van der Waals surface area contributed by atoms with Crippen molar-refractivity contribution in [2.75, 3.05) is 0 Å². The van der Waals surface area contributed by atoms with Gasteiger partial charge in [-0.05, 0) is 28.5 Å². The summed E-state index contributed by atoms with van der Waals surface area (Å²) in [4.78, 5) is 2.81. The van der Waals surface area contributed by atoms with Gasteiger partial charge < -0.3 is 0 Å². The molecule has 1 aromatic rings. The molecule has 0 bridgehead atoms. The van der Waals surface area contributed by atoms with E-state index in [2.05, 4.69) is 55.1 Å². The molecule has 3 nitrogen and oxygen atoms in total. The van der Waals surface area contributed by atoms with Crippen LogP contribution in [0.2, 0.25) is 0 Å². The van der Waals surface area contributed by atoms with Crippen molar-refractivity contribution in [3.8, 4) is 0 Å². The number of hydrogen-bond donors (Lipinski definition) is 0. The molecule has 0 amide bonds. The Morgan fingerprint density at radius 3 is 2.25 bits per heavy atom. The maximum atomic E-state index is 8.32. The predicted octanol–water partition coefficient (Wildman–Crippen LogP) is 4.23. The van der Waals surface area contributed by atoms with Crippen molar-refractivity contribution in [3.63, 3.8) is 0 Å². The summed E-state index contributed by atoms with van der Waals surface area (Å²) in [6, 6.07) is 8.55. The second kappa shape index (κ2) is 5.04. The van der Waals surface area contributed by atoms with E-state index in [1.807, 2.05) is 6.92 Å². The molecule has 0 aromatic heterocycles. The molecule has 0 N–H and O–H groups in total. The number of nitrogens with zero attached hydrogens (tertiary/aromatic N) is 3. The summed E-state index contributed by atoms with van der Waals surface area (Å²) >= 11 is 0. The van der Waals surface area contributed by atoms with Crippen molar-refractivity contribution in [2.45, 2.75) is 45.6 Å². The molecule has 0 spiro atoms. The minimum absolute atomic E-state index is 0.0190. The molecule has 1 aromatic carbocycles. The van der Waals surface area contributed by atoms with Gasteiger partial charge in [-0.3, -0.25) is 0 Å². The molecule has 86 valence electrons. The van der Waals surface area contributed by atoms with Crippen LogP contribution in [0.25, 0.3) is 10.4 Å². The van der Waals surface area contributed by atoms with Crippen molar-refractivity contribution < 1.29 is 0 Å². The highest BCUT2D eigenvalue weighted by atomic mass is 15.1. The Hall–Kier alpha value is -1.47. The molecular weight excluding hydrogens is 198 g/mol. The summed E-state index contributed by atoms with van der Waals surface area (Å²) < 4.78 is 0. The Kier molecular flexibility index (Phi) is 3.97. The normalized spacial score (nSPS) is 13.0. The third kappa shape index (κ3) is 3.59. The minimum atomic E-state index is 0.0190. The zero-order valence-electron chi connectivity index (χ0n) is 10.4. The number of benzene rings is 1. The molecule has 0 saturated heterocycles. The zero-order valence-corrected chi connectivity index (χ0v) is 10.4. The Bertz CT molecular complexity index is 381. The highest BCUT2D eigenvalue weighted by molar-refractivity contribution is 5.27. The molecule has 0 saturated carbocycles. The van der Waals surface area contributed by atoms with Crippen LogP contribution in [0.4, 0.5) is 0 Å². The number of rotatable bonds is 3. The first-order chi connectivity index (χ1) is 7.43. The first-order valence-electron chi connectivity index (χ1n) is 5.57. The topological polar surface area (TPSA) is 48.8 Å². The van der Waals surface area contributed by atoms with Gasteiger partial charge in [0.25, 0.3) is 0 Å². The summed E-state index contributed by atoms with van der Waals surface area (Å²) in [5.41, 5.74) is 11.1. The molecule has 0 unspecified atom stereocenters. The molecular formula is C13H19N3. The van der Waals surface area contributed by atoms with E-state index < -0.39 is 0 Å². The molecule has 0 fully saturated rings. The van der Waals surface area contributed by atoms with Gasteiger partial charge in [-0.1, -0.05) is 57.1 Å².